The lowest BCUT2D eigenvalue weighted by molar-refractivity contribution is 0.582. The maximum absolute atomic E-state index is 12.5. The predicted molar refractivity (Wildman–Crippen MR) is 81.0 cm³/mol. The van der Waals surface area contributed by atoms with E-state index in [1.807, 2.05) is 24.3 Å². The van der Waals surface area contributed by atoms with Gasteiger partial charge in [-0.05, 0) is 11.5 Å². The molecule has 2 aromatic carbocycles. The zero-order chi connectivity index (χ0) is 14.9. The minimum Gasteiger partial charge on any atom is -0.384 e. The third-order valence-corrected chi connectivity index (χ3v) is 4.70. The van der Waals surface area contributed by atoms with Crippen molar-refractivity contribution in [1.29, 1.82) is 0 Å². The fourth-order valence-electron chi connectivity index (χ4n) is 2.14. The van der Waals surface area contributed by atoms with Crippen molar-refractivity contribution in [3.8, 4) is 0 Å². The number of rotatable bonds is 4. The third kappa shape index (κ3) is 2.61. The number of nitrogens with two attached hydrogens (primary N) is 1. The molecule has 1 heterocycles. The van der Waals surface area contributed by atoms with Crippen molar-refractivity contribution < 1.29 is 8.42 Å². The third-order valence-electron chi connectivity index (χ3n) is 3.24. The lowest BCUT2D eigenvalue weighted by atomic mass is 10.1. The topological polar surface area (TPSA) is 101 Å². The fourth-order valence-corrected chi connectivity index (χ4v) is 3.38. The Kier molecular flexibility index (Phi) is 3.36. The van der Waals surface area contributed by atoms with Crippen LogP contribution in [0.1, 0.15) is 5.56 Å². The largest absolute Gasteiger partial charge is 0.384 e. The van der Waals surface area contributed by atoms with Gasteiger partial charge < -0.3 is 5.73 Å². The number of benzene rings is 2. The lowest BCUT2D eigenvalue weighted by Gasteiger charge is -2.09. The van der Waals surface area contributed by atoms with E-state index in [0.29, 0.717) is 16.8 Å². The van der Waals surface area contributed by atoms with Crippen LogP contribution >= 0.6 is 0 Å². The van der Waals surface area contributed by atoms with Crippen molar-refractivity contribution in [2.24, 2.45) is 0 Å². The summed E-state index contributed by atoms with van der Waals surface area (Å²) in [5, 5.41) is 7.89. The summed E-state index contributed by atoms with van der Waals surface area (Å²) in [5.74, 6) is 0.357. The van der Waals surface area contributed by atoms with E-state index in [9.17, 15) is 8.42 Å². The normalized spacial score (nSPS) is 11.8. The first-order valence-electron chi connectivity index (χ1n) is 6.33. The van der Waals surface area contributed by atoms with Crippen LogP contribution in [-0.4, -0.2) is 18.6 Å². The summed E-state index contributed by atoms with van der Waals surface area (Å²) in [4.78, 5) is 0.252. The van der Waals surface area contributed by atoms with Gasteiger partial charge in [-0.1, -0.05) is 36.4 Å². The van der Waals surface area contributed by atoms with Gasteiger partial charge in [0.1, 0.15) is 5.82 Å². The van der Waals surface area contributed by atoms with Gasteiger partial charge in [0.25, 0.3) is 0 Å². The van der Waals surface area contributed by atoms with Crippen molar-refractivity contribution in [2.45, 2.75) is 11.4 Å². The molecule has 1 aromatic heterocycles. The number of aromatic amines is 1. The molecule has 0 bridgehead atoms. The Morgan fingerprint density at radius 2 is 1.90 bits per heavy atom. The number of hydrogen-bond donors (Lipinski definition) is 3. The Hall–Kier alpha value is -2.38. The van der Waals surface area contributed by atoms with Crippen LogP contribution in [0.5, 0.6) is 0 Å². The SMILES string of the molecule is Nc1[nH]ncc1CNS(=O)(=O)c1cccc2ccccc12. The van der Waals surface area contributed by atoms with Crippen molar-refractivity contribution >= 4 is 26.6 Å². The zero-order valence-corrected chi connectivity index (χ0v) is 11.9. The molecular formula is C14H14N4O2S. The molecule has 0 radical (unpaired) electrons. The molecule has 0 saturated heterocycles. The number of H-pyrrole nitrogens is 1. The molecule has 3 aromatic rings. The molecule has 4 N–H and O–H groups in total. The molecule has 0 aliphatic rings. The second-order valence-corrected chi connectivity index (χ2v) is 6.35. The van der Waals surface area contributed by atoms with E-state index >= 15 is 0 Å². The number of nitrogen functional groups attached to an aromatic ring is 1. The summed E-state index contributed by atoms with van der Waals surface area (Å²) >= 11 is 0. The monoisotopic (exact) mass is 302 g/mol. The van der Waals surface area contributed by atoms with E-state index in [2.05, 4.69) is 14.9 Å². The van der Waals surface area contributed by atoms with Crippen LogP contribution < -0.4 is 10.5 Å². The molecule has 0 amide bonds. The molecule has 0 aliphatic heterocycles. The molecule has 0 fully saturated rings. The smallest absolute Gasteiger partial charge is 0.241 e. The van der Waals surface area contributed by atoms with E-state index in [4.69, 9.17) is 5.73 Å². The van der Waals surface area contributed by atoms with E-state index in [-0.39, 0.29) is 11.4 Å². The fraction of sp³-hybridized carbons (Fsp3) is 0.0714. The second kappa shape index (κ2) is 5.19. The molecule has 6 nitrogen and oxygen atoms in total. The van der Waals surface area contributed by atoms with Crippen LogP contribution in [-0.2, 0) is 16.6 Å². The first-order chi connectivity index (χ1) is 10.1. The predicted octanol–water partition coefficient (Wildman–Crippen LogP) is 1.62. The first kappa shape index (κ1) is 13.6. The first-order valence-corrected chi connectivity index (χ1v) is 7.81. The molecule has 0 saturated carbocycles. The Morgan fingerprint density at radius 1 is 1.14 bits per heavy atom. The summed E-state index contributed by atoms with van der Waals surface area (Å²) in [7, 11) is -3.63. The summed E-state index contributed by atoms with van der Waals surface area (Å²) < 4.78 is 27.5. The molecular weight excluding hydrogens is 288 g/mol. The van der Waals surface area contributed by atoms with Gasteiger partial charge >= 0.3 is 0 Å². The number of fused-ring (bicyclic) bond motifs is 1. The van der Waals surface area contributed by atoms with E-state index in [1.54, 1.807) is 18.2 Å². The number of nitrogens with one attached hydrogen (secondary N) is 2. The van der Waals surface area contributed by atoms with Gasteiger partial charge in [-0.25, -0.2) is 13.1 Å². The van der Waals surface area contributed by atoms with Gasteiger partial charge in [-0.2, -0.15) is 5.10 Å². The zero-order valence-electron chi connectivity index (χ0n) is 11.1. The van der Waals surface area contributed by atoms with Gasteiger partial charge in [0.15, 0.2) is 0 Å². The lowest BCUT2D eigenvalue weighted by Crippen LogP contribution is -2.23. The number of anilines is 1. The molecule has 0 unspecified atom stereocenters. The molecule has 0 spiro atoms. The quantitative estimate of drug-likeness (QED) is 0.681. The highest BCUT2D eigenvalue weighted by atomic mass is 32.2. The minimum absolute atomic E-state index is 0.0912. The highest BCUT2D eigenvalue weighted by molar-refractivity contribution is 7.89. The molecule has 108 valence electrons. The van der Waals surface area contributed by atoms with E-state index < -0.39 is 10.0 Å². The standard InChI is InChI=1S/C14H14N4O2S/c15-14-11(8-16-18-14)9-17-21(19,20)13-7-3-5-10-4-1-2-6-12(10)13/h1-8,17H,9H2,(H3,15,16,18). The number of nitrogens with zero attached hydrogens (tertiary/aromatic N) is 1. The summed E-state index contributed by atoms with van der Waals surface area (Å²) in [6, 6.07) is 12.5. The molecule has 3 rings (SSSR count). The van der Waals surface area contributed by atoms with Crippen molar-refractivity contribution in [2.75, 3.05) is 5.73 Å². The summed E-state index contributed by atoms with van der Waals surface area (Å²) in [6.45, 7) is 0.0912. The summed E-state index contributed by atoms with van der Waals surface area (Å²) in [5.41, 5.74) is 6.26. The Balaban J connectivity index is 1.95. The van der Waals surface area contributed by atoms with Gasteiger partial charge in [0.05, 0.1) is 11.1 Å². The maximum Gasteiger partial charge on any atom is 0.241 e. The Labute approximate surface area is 122 Å². The van der Waals surface area contributed by atoms with Crippen LogP contribution in [0.25, 0.3) is 10.8 Å². The average molecular weight is 302 g/mol. The molecule has 21 heavy (non-hydrogen) atoms. The number of aromatic nitrogens is 2. The van der Waals surface area contributed by atoms with E-state index in [1.165, 1.54) is 6.20 Å². The summed E-state index contributed by atoms with van der Waals surface area (Å²) in [6.07, 6.45) is 1.50. The van der Waals surface area contributed by atoms with Crippen LogP contribution in [0.2, 0.25) is 0 Å². The van der Waals surface area contributed by atoms with Crippen molar-refractivity contribution in [1.82, 2.24) is 14.9 Å². The van der Waals surface area contributed by atoms with Crippen LogP contribution in [0, 0.1) is 0 Å². The molecule has 0 aliphatic carbocycles. The van der Waals surface area contributed by atoms with Gasteiger partial charge in [0, 0.05) is 17.5 Å². The van der Waals surface area contributed by atoms with Gasteiger partial charge in [-0.3, -0.25) is 5.10 Å². The second-order valence-electron chi connectivity index (χ2n) is 4.61. The number of hydrogen-bond acceptors (Lipinski definition) is 4. The average Bonchev–Trinajstić information content (AvgIpc) is 2.90. The van der Waals surface area contributed by atoms with Crippen LogP contribution in [0.3, 0.4) is 0 Å². The molecule has 7 heteroatoms. The minimum atomic E-state index is -3.63. The van der Waals surface area contributed by atoms with Crippen molar-refractivity contribution in [3.63, 3.8) is 0 Å². The Morgan fingerprint density at radius 3 is 2.67 bits per heavy atom. The highest BCUT2D eigenvalue weighted by Crippen LogP contribution is 2.22. The number of sulfonamides is 1. The van der Waals surface area contributed by atoms with Crippen molar-refractivity contribution in [3.05, 3.63) is 54.2 Å². The van der Waals surface area contributed by atoms with E-state index in [0.717, 1.165) is 5.39 Å². The van der Waals surface area contributed by atoms with Gasteiger partial charge in [0.2, 0.25) is 10.0 Å². The molecule has 0 atom stereocenters. The van der Waals surface area contributed by atoms with Crippen LogP contribution in [0.4, 0.5) is 5.82 Å². The van der Waals surface area contributed by atoms with Crippen LogP contribution in [0.15, 0.2) is 53.6 Å². The Bertz CT molecular complexity index is 881. The maximum atomic E-state index is 12.5. The highest BCUT2D eigenvalue weighted by Gasteiger charge is 2.17. The van der Waals surface area contributed by atoms with Gasteiger partial charge in [-0.15, -0.1) is 0 Å².